The zero-order valence-corrected chi connectivity index (χ0v) is 14.0. The smallest absolute Gasteiger partial charge is 0.213 e. The lowest BCUT2D eigenvalue weighted by atomic mass is 10.3. The molecule has 0 saturated heterocycles. The predicted molar refractivity (Wildman–Crippen MR) is 87.9 cm³/mol. The maximum Gasteiger partial charge on any atom is 0.213 e. The first-order chi connectivity index (χ1) is 11.1. The molecule has 23 heavy (non-hydrogen) atoms. The van der Waals surface area contributed by atoms with Crippen LogP contribution in [0.3, 0.4) is 0 Å². The van der Waals surface area contributed by atoms with E-state index in [4.69, 9.17) is 14.2 Å². The molecular weight excluding hydrogens is 296 g/mol. The van der Waals surface area contributed by atoms with Crippen molar-refractivity contribution in [2.24, 2.45) is 5.92 Å². The topological polar surface area (TPSA) is 72.8 Å². The Labute approximate surface area is 138 Å². The van der Waals surface area contributed by atoms with Crippen molar-refractivity contribution < 1.29 is 19.3 Å². The van der Waals surface area contributed by atoms with Crippen LogP contribution in [0.5, 0.6) is 11.6 Å². The molecule has 1 heterocycles. The molecule has 1 unspecified atom stereocenters. The van der Waals surface area contributed by atoms with Gasteiger partial charge in [-0.05, 0) is 24.8 Å². The third-order valence-corrected chi connectivity index (χ3v) is 3.44. The molecular formula is C17H28N2O4. The highest BCUT2D eigenvalue weighted by Crippen LogP contribution is 2.28. The van der Waals surface area contributed by atoms with Gasteiger partial charge in [-0.2, -0.15) is 0 Å². The van der Waals surface area contributed by atoms with E-state index >= 15 is 0 Å². The third-order valence-electron chi connectivity index (χ3n) is 3.44. The number of nitrogens with zero attached hydrogens (tertiary/aromatic N) is 1. The Balaban J connectivity index is 1.57. The van der Waals surface area contributed by atoms with Crippen LogP contribution in [0.4, 0.5) is 0 Å². The highest BCUT2D eigenvalue weighted by Gasteiger charge is 2.20. The van der Waals surface area contributed by atoms with E-state index in [0.717, 1.165) is 12.5 Å². The van der Waals surface area contributed by atoms with E-state index in [1.807, 2.05) is 13.8 Å². The molecule has 1 fully saturated rings. The number of hydrogen-bond acceptors (Lipinski definition) is 6. The second-order valence-corrected chi connectivity index (χ2v) is 6.23. The minimum absolute atomic E-state index is 0.233. The summed E-state index contributed by atoms with van der Waals surface area (Å²) >= 11 is 0. The van der Waals surface area contributed by atoms with Crippen molar-refractivity contribution in [1.82, 2.24) is 10.3 Å². The standard InChI is InChI=1S/C17H28N2O4/c1-13(2)18-9-15(20)12-23-16-5-6-17(19-10-16)22-8-7-21-11-14-3-4-14/h5-6,10,13-15,18,20H,3-4,7-9,11-12H2,1-2H3. The molecule has 130 valence electrons. The lowest BCUT2D eigenvalue weighted by molar-refractivity contribution is 0.0910. The number of aliphatic hydroxyl groups excluding tert-OH is 1. The Morgan fingerprint density at radius 2 is 2.09 bits per heavy atom. The van der Waals surface area contributed by atoms with Gasteiger partial charge in [0.25, 0.3) is 0 Å². The van der Waals surface area contributed by atoms with Gasteiger partial charge in [-0.3, -0.25) is 0 Å². The minimum atomic E-state index is -0.544. The zero-order valence-electron chi connectivity index (χ0n) is 14.0. The molecule has 0 radical (unpaired) electrons. The Bertz CT molecular complexity index is 435. The molecule has 1 aliphatic carbocycles. The number of aliphatic hydroxyl groups is 1. The number of pyridine rings is 1. The highest BCUT2D eigenvalue weighted by molar-refractivity contribution is 5.22. The maximum absolute atomic E-state index is 9.78. The number of nitrogens with one attached hydrogen (secondary N) is 1. The van der Waals surface area contributed by atoms with Crippen LogP contribution in [0.1, 0.15) is 26.7 Å². The Morgan fingerprint density at radius 3 is 2.74 bits per heavy atom. The number of rotatable bonds is 12. The van der Waals surface area contributed by atoms with Crippen molar-refractivity contribution in [3.05, 3.63) is 18.3 Å². The van der Waals surface area contributed by atoms with Crippen molar-refractivity contribution >= 4 is 0 Å². The first-order valence-corrected chi connectivity index (χ1v) is 8.34. The predicted octanol–water partition coefficient (Wildman–Crippen LogP) is 1.62. The van der Waals surface area contributed by atoms with Gasteiger partial charge in [0.1, 0.15) is 25.1 Å². The average Bonchev–Trinajstić information content (AvgIpc) is 3.36. The van der Waals surface area contributed by atoms with Crippen LogP contribution in [-0.2, 0) is 4.74 Å². The van der Waals surface area contributed by atoms with Crippen molar-refractivity contribution in [2.45, 2.75) is 38.8 Å². The summed E-state index contributed by atoms with van der Waals surface area (Å²) in [7, 11) is 0. The first-order valence-electron chi connectivity index (χ1n) is 8.34. The average molecular weight is 324 g/mol. The van der Waals surface area contributed by atoms with E-state index in [0.29, 0.717) is 37.4 Å². The van der Waals surface area contributed by atoms with E-state index in [-0.39, 0.29) is 6.61 Å². The van der Waals surface area contributed by atoms with Crippen LogP contribution in [0.2, 0.25) is 0 Å². The summed E-state index contributed by atoms with van der Waals surface area (Å²) in [5.41, 5.74) is 0. The number of aromatic nitrogens is 1. The van der Waals surface area contributed by atoms with Crippen molar-refractivity contribution in [3.8, 4) is 11.6 Å². The van der Waals surface area contributed by atoms with Gasteiger partial charge in [0.15, 0.2) is 0 Å². The molecule has 0 bridgehead atoms. The fraction of sp³-hybridized carbons (Fsp3) is 0.706. The molecule has 1 saturated carbocycles. The fourth-order valence-corrected chi connectivity index (χ4v) is 1.90. The summed E-state index contributed by atoms with van der Waals surface area (Å²) in [5.74, 6) is 1.94. The first kappa shape index (κ1) is 18.0. The molecule has 0 aliphatic heterocycles. The van der Waals surface area contributed by atoms with Gasteiger partial charge in [0, 0.05) is 25.3 Å². The quantitative estimate of drug-likeness (QED) is 0.569. The van der Waals surface area contributed by atoms with Crippen LogP contribution in [0, 0.1) is 5.92 Å². The highest BCUT2D eigenvalue weighted by atomic mass is 16.5. The summed E-state index contributed by atoms with van der Waals surface area (Å²) in [4.78, 5) is 4.18. The minimum Gasteiger partial charge on any atom is -0.489 e. The van der Waals surface area contributed by atoms with Gasteiger partial charge >= 0.3 is 0 Å². The number of ether oxygens (including phenoxy) is 3. The maximum atomic E-state index is 9.78. The zero-order chi connectivity index (χ0) is 16.5. The summed E-state index contributed by atoms with van der Waals surface area (Å²) in [6.45, 7) is 6.74. The van der Waals surface area contributed by atoms with E-state index in [1.165, 1.54) is 12.8 Å². The molecule has 0 spiro atoms. The van der Waals surface area contributed by atoms with Crippen LogP contribution >= 0.6 is 0 Å². The molecule has 1 aromatic rings. The van der Waals surface area contributed by atoms with Gasteiger partial charge in [-0.25, -0.2) is 4.98 Å². The van der Waals surface area contributed by atoms with Crippen molar-refractivity contribution in [3.63, 3.8) is 0 Å². The largest absolute Gasteiger partial charge is 0.489 e. The van der Waals surface area contributed by atoms with Gasteiger partial charge in [0.05, 0.1) is 12.8 Å². The monoisotopic (exact) mass is 324 g/mol. The molecule has 6 nitrogen and oxygen atoms in total. The molecule has 6 heteroatoms. The number of hydrogen-bond donors (Lipinski definition) is 2. The van der Waals surface area contributed by atoms with E-state index in [1.54, 1.807) is 18.3 Å². The lowest BCUT2D eigenvalue weighted by Crippen LogP contribution is -2.35. The molecule has 1 atom stereocenters. The molecule has 1 aromatic heterocycles. The summed E-state index contributed by atoms with van der Waals surface area (Å²) in [5, 5.41) is 12.9. The van der Waals surface area contributed by atoms with Gasteiger partial charge in [0.2, 0.25) is 5.88 Å². The van der Waals surface area contributed by atoms with E-state index < -0.39 is 6.10 Å². The molecule has 2 rings (SSSR count). The van der Waals surface area contributed by atoms with Crippen LogP contribution in [-0.4, -0.2) is 55.2 Å². The molecule has 0 aromatic carbocycles. The SMILES string of the molecule is CC(C)NCC(O)COc1ccc(OCCOCC2CC2)nc1. The van der Waals surface area contributed by atoms with Crippen molar-refractivity contribution in [2.75, 3.05) is 33.0 Å². The van der Waals surface area contributed by atoms with E-state index in [9.17, 15) is 5.11 Å². The third kappa shape index (κ3) is 8.16. The molecule has 2 N–H and O–H groups in total. The fourth-order valence-electron chi connectivity index (χ4n) is 1.90. The summed E-state index contributed by atoms with van der Waals surface area (Å²) < 4.78 is 16.5. The van der Waals surface area contributed by atoms with Crippen molar-refractivity contribution in [1.29, 1.82) is 0 Å². The Kier molecular flexibility index (Phi) is 7.58. The Hall–Kier alpha value is -1.37. The van der Waals surface area contributed by atoms with Crippen LogP contribution in [0.15, 0.2) is 18.3 Å². The van der Waals surface area contributed by atoms with Gasteiger partial charge < -0.3 is 24.6 Å². The van der Waals surface area contributed by atoms with Crippen LogP contribution in [0.25, 0.3) is 0 Å². The second kappa shape index (κ2) is 9.70. The lowest BCUT2D eigenvalue weighted by Gasteiger charge is -2.15. The molecule has 0 amide bonds. The van der Waals surface area contributed by atoms with E-state index in [2.05, 4.69) is 10.3 Å². The molecule has 1 aliphatic rings. The second-order valence-electron chi connectivity index (χ2n) is 6.23. The summed E-state index contributed by atoms with van der Waals surface area (Å²) in [6, 6.07) is 3.89. The van der Waals surface area contributed by atoms with Gasteiger partial charge in [-0.1, -0.05) is 13.8 Å². The van der Waals surface area contributed by atoms with Gasteiger partial charge in [-0.15, -0.1) is 0 Å². The Morgan fingerprint density at radius 1 is 1.26 bits per heavy atom. The normalized spacial score (nSPS) is 15.7. The summed E-state index contributed by atoms with van der Waals surface area (Å²) in [6.07, 6.45) is 3.65. The van der Waals surface area contributed by atoms with Crippen LogP contribution < -0.4 is 14.8 Å².